The Hall–Kier alpha value is -9.84. The number of para-hydroxylation sites is 4. The van der Waals surface area contributed by atoms with E-state index in [1.54, 1.807) is 0 Å². The van der Waals surface area contributed by atoms with Gasteiger partial charge in [0.2, 0.25) is 0 Å². The number of hydrogen-bond acceptors (Lipinski definition) is 3. The van der Waals surface area contributed by atoms with E-state index in [2.05, 4.69) is 296 Å². The summed E-state index contributed by atoms with van der Waals surface area (Å²) >= 11 is 0. The maximum atomic E-state index is 11.5. The van der Waals surface area contributed by atoms with Crippen LogP contribution in [0.25, 0.3) is 38.9 Å². The van der Waals surface area contributed by atoms with Gasteiger partial charge in [-0.25, -0.2) is 9.98 Å². The van der Waals surface area contributed by atoms with Crippen molar-refractivity contribution < 1.29 is 51.7 Å². The fraction of sp³-hybridized carbons (Fsp3) is 0.336. The molecule has 10 aromatic carbocycles. The molecule has 12 rings (SSSR count). The van der Waals surface area contributed by atoms with E-state index in [1.165, 1.54) is 50.1 Å². The zero-order chi connectivity index (χ0) is 89.1. The van der Waals surface area contributed by atoms with Gasteiger partial charge in [-0.15, -0.1) is 60.7 Å². The summed E-state index contributed by atoms with van der Waals surface area (Å²) in [5.74, 6) is 3.87. The van der Waals surface area contributed by atoms with Gasteiger partial charge in [-0.3, -0.25) is 0 Å². The van der Waals surface area contributed by atoms with Gasteiger partial charge in [0.05, 0.1) is 18.1 Å². The second-order valence-electron chi connectivity index (χ2n) is 33.6. The Morgan fingerprint density at radius 1 is 0.279 bits per heavy atom. The molecule has 0 saturated carbocycles. The fourth-order valence-electron chi connectivity index (χ4n) is 12.8. The molecule has 10 nitrogen and oxygen atoms in total. The van der Waals surface area contributed by atoms with Crippen LogP contribution < -0.4 is 11.2 Å². The van der Waals surface area contributed by atoms with Crippen molar-refractivity contribution in [1.29, 1.82) is 0 Å². The number of imidazole rings is 2. The van der Waals surface area contributed by atoms with E-state index in [9.17, 15) is 10.8 Å². The Bertz CT molecular complexity index is 4380. The number of hydrogen-bond donors (Lipinski definition) is 0. The predicted molar refractivity (Wildman–Crippen MR) is 522 cm³/mol. The molecule has 0 atom stereocenters. The van der Waals surface area contributed by atoms with Crippen LogP contribution in [0.5, 0.6) is 0 Å². The zero-order valence-corrected chi connectivity index (χ0v) is 85.4. The van der Waals surface area contributed by atoms with Gasteiger partial charge in [0.25, 0.3) is 0 Å². The van der Waals surface area contributed by atoms with Gasteiger partial charge in [0, 0.05) is 11.2 Å². The predicted octanol–water partition coefficient (Wildman–Crippen LogP) is 29.6. The van der Waals surface area contributed by atoms with Crippen LogP contribution in [0.4, 0.5) is 0 Å². The number of benzene rings is 10. The van der Waals surface area contributed by atoms with Gasteiger partial charge in [0.15, 0.2) is 0 Å². The molecular weight excluding hydrogens is 1820 g/mol. The van der Waals surface area contributed by atoms with Gasteiger partial charge in [-0.1, -0.05) is 278 Å². The molecule has 0 aliphatic heterocycles. The molecule has 0 fully saturated rings. The second kappa shape index (κ2) is 57.5. The Kier molecular flexibility index (Phi) is 51.0. The van der Waals surface area contributed by atoms with Crippen LogP contribution in [0, 0.1) is 34.6 Å². The van der Waals surface area contributed by atoms with E-state index >= 15 is 0 Å². The largest absolute Gasteiger partial charge is 4.00 e. The summed E-state index contributed by atoms with van der Waals surface area (Å²) in [4.78, 5) is 12.5. The van der Waals surface area contributed by atoms with E-state index < -0.39 is 0 Å². The van der Waals surface area contributed by atoms with Crippen molar-refractivity contribution in [1.82, 2.24) is 18.3 Å². The Balaban J connectivity index is 0.000000501. The minimum Gasteiger partial charge on any atom is -0.466 e. The third-order valence-electron chi connectivity index (χ3n) is 18.8. The van der Waals surface area contributed by atoms with Crippen molar-refractivity contribution in [3.63, 3.8) is 0 Å². The molecule has 640 valence electrons. The SMILES string of the molecule is CC(C)N=C(Cc1ccccc1)[N-]C(C)C.CC(C)N=C=NC(C)C.CC(C)c1cccc(C(C)C)c1-n1ccn(-c2c(C(C)C)cccc2C(C)C)c1=[N-].CC(C)c1cccc(C(C)C)c1-n1ccn(-c2c(C(C)C)cccc2C(C)C)c1=[N-].[CH2-]c1ccccc1.[CH2-]c1ccccc1.[CH2-]c1ccccc1.[CH2-]c1ccccc1.[CH2-]c1ccccc1.[Hf+4].[Hf+4]. The number of aliphatic imine (C=N–C) groups is 3. The fourth-order valence-corrected chi connectivity index (χ4v) is 12.8. The average Bonchev–Trinajstić information content (AvgIpc) is 1.60. The number of amidine groups is 1. The van der Waals surface area contributed by atoms with Crippen LogP contribution in [0.1, 0.15) is 291 Å². The van der Waals surface area contributed by atoms with Crippen LogP contribution in [0.3, 0.4) is 0 Å². The first kappa shape index (κ1) is 108. The standard InChI is InChI=1S/2C27H36N3.C14H21N2.C7H14N2.5C7H7.2Hf/c2*1-17(2)21-11-9-12-22(18(3)4)25(21)29-15-16-30(27(29)28)26-23(19(5)6)13-10-14-24(26)20(7)8;1-11(2)15-14(16-12(3)4)10-13-8-6-5-7-9-13;1-6(2)8-5-9-7(3)4;5*1-7-5-3-2-4-6-7;;/h2*9-20H,1-8H3;5-9,11-12H,10H2,1-4H3;6-7H,1-4H3;5*2-6H,1H2;;/q3*-1;;5*-1;2*+4. The molecule has 12 heteroatoms. The molecule has 0 amide bonds. The molecule has 0 unspecified atom stereocenters. The minimum atomic E-state index is 0. The van der Waals surface area contributed by atoms with Crippen molar-refractivity contribution in [2.45, 2.75) is 244 Å². The molecule has 2 aromatic heterocycles. The van der Waals surface area contributed by atoms with Crippen LogP contribution in [0.15, 0.2) is 295 Å². The molecule has 12 aromatic rings. The van der Waals surface area contributed by atoms with Crippen molar-refractivity contribution in [2.75, 3.05) is 0 Å². The van der Waals surface area contributed by atoms with E-state index in [0.29, 0.717) is 71.5 Å². The van der Waals surface area contributed by atoms with Crippen molar-refractivity contribution in [3.05, 3.63) is 419 Å². The first-order valence-electron chi connectivity index (χ1n) is 42.9. The van der Waals surface area contributed by atoms with Crippen LogP contribution in [-0.4, -0.2) is 54.3 Å². The molecule has 0 aliphatic carbocycles. The number of aromatic nitrogens is 4. The second-order valence-corrected chi connectivity index (χ2v) is 33.6. The Morgan fingerprint density at radius 3 is 0.615 bits per heavy atom. The van der Waals surface area contributed by atoms with Crippen molar-refractivity contribution in [2.24, 2.45) is 15.0 Å². The third kappa shape index (κ3) is 37.9. The molecule has 0 N–H and O–H groups in total. The number of rotatable bonds is 18. The molecule has 2 heterocycles. The molecular formula is C110H142Hf2N10. The van der Waals surface area contributed by atoms with Crippen molar-refractivity contribution in [3.8, 4) is 22.7 Å². The summed E-state index contributed by atoms with van der Waals surface area (Å²) in [6.07, 6.45) is 8.84. The molecule has 0 aliphatic rings. The van der Waals surface area contributed by atoms with E-state index in [1.807, 2.05) is 228 Å². The summed E-state index contributed by atoms with van der Waals surface area (Å²) in [7, 11) is 0. The Labute approximate surface area is 776 Å². The Morgan fingerprint density at radius 2 is 0.467 bits per heavy atom. The van der Waals surface area contributed by atoms with Crippen LogP contribution >= 0.6 is 0 Å². The molecule has 0 saturated heterocycles. The zero-order valence-electron chi connectivity index (χ0n) is 78.2. The van der Waals surface area contributed by atoms with E-state index in [-0.39, 0.29) is 62.9 Å². The van der Waals surface area contributed by atoms with Gasteiger partial charge >= 0.3 is 51.7 Å². The van der Waals surface area contributed by atoms with Gasteiger partial charge < -0.3 is 39.4 Å². The normalized spacial score (nSPS) is 10.7. The first-order chi connectivity index (χ1) is 57.0. The van der Waals surface area contributed by atoms with Crippen molar-refractivity contribution >= 4 is 11.8 Å². The summed E-state index contributed by atoms with van der Waals surface area (Å²) < 4.78 is 7.86. The molecule has 122 heavy (non-hydrogen) atoms. The van der Waals surface area contributed by atoms with Crippen LogP contribution in [0.2, 0.25) is 0 Å². The summed E-state index contributed by atoms with van der Waals surface area (Å²) in [5, 5.41) is 27.5. The monoisotopic (exact) mass is 1960 g/mol. The summed E-state index contributed by atoms with van der Waals surface area (Å²) in [6, 6.07) is 89.6. The smallest absolute Gasteiger partial charge is 0.466 e. The van der Waals surface area contributed by atoms with E-state index in [0.717, 1.165) is 62.8 Å². The minimum absolute atomic E-state index is 0. The van der Waals surface area contributed by atoms with Crippen LogP contribution in [-0.2, 0) is 58.1 Å². The molecule has 0 spiro atoms. The maximum absolute atomic E-state index is 11.5. The number of nitrogens with zero attached hydrogens (tertiary/aromatic N) is 10. The van der Waals surface area contributed by atoms with Gasteiger partial charge in [-0.05, 0) is 191 Å². The molecule has 0 bridgehead atoms. The van der Waals surface area contributed by atoms with E-state index in [4.69, 9.17) is 0 Å². The molecule has 0 radical (unpaired) electrons. The van der Waals surface area contributed by atoms with Gasteiger partial charge in [0.1, 0.15) is 0 Å². The first-order valence-corrected chi connectivity index (χ1v) is 42.9. The third-order valence-corrected chi connectivity index (χ3v) is 18.8. The summed E-state index contributed by atoms with van der Waals surface area (Å²) in [5.41, 5.74) is 21.5. The topological polar surface area (TPSA) is 116 Å². The quantitative estimate of drug-likeness (QED) is 0.0352. The summed E-state index contributed by atoms with van der Waals surface area (Å²) in [6.45, 7) is 70.3. The average molecular weight is 1960 g/mol. The maximum Gasteiger partial charge on any atom is 4.00 e. The van der Waals surface area contributed by atoms with Gasteiger partial charge in [-0.2, -0.15) is 123 Å².